The van der Waals surface area contributed by atoms with Crippen molar-refractivity contribution in [3.8, 4) is 0 Å². The molecular formula is C12H20O. The maximum atomic E-state index is 10.0. The number of fused-ring (bicyclic) bond motifs is 1. The molecule has 0 spiro atoms. The second kappa shape index (κ2) is 3.45. The summed E-state index contributed by atoms with van der Waals surface area (Å²) in [7, 11) is 0. The second-order valence-electron chi connectivity index (χ2n) is 4.85. The molecule has 0 heterocycles. The predicted molar refractivity (Wildman–Crippen MR) is 54.4 cm³/mol. The first-order valence-electron chi connectivity index (χ1n) is 5.58. The van der Waals surface area contributed by atoms with Crippen LogP contribution in [0.3, 0.4) is 0 Å². The van der Waals surface area contributed by atoms with Gasteiger partial charge in [-0.05, 0) is 37.5 Å². The van der Waals surface area contributed by atoms with Crippen LogP contribution < -0.4 is 0 Å². The third-order valence-corrected chi connectivity index (χ3v) is 3.82. The average Bonchev–Trinajstić information content (AvgIpc) is 2.15. The number of hydrogen-bond acceptors (Lipinski definition) is 1. The highest BCUT2D eigenvalue weighted by Crippen LogP contribution is 2.42. The van der Waals surface area contributed by atoms with Gasteiger partial charge in [-0.3, -0.25) is 0 Å². The van der Waals surface area contributed by atoms with Crippen molar-refractivity contribution in [1.29, 1.82) is 0 Å². The van der Waals surface area contributed by atoms with E-state index >= 15 is 0 Å². The maximum Gasteiger partial charge on any atom is 0.0631 e. The lowest BCUT2D eigenvalue weighted by Crippen LogP contribution is -2.38. The summed E-state index contributed by atoms with van der Waals surface area (Å²) in [6.07, 6.45) is 7.20. The van der Waals surface area contributed by atoms with Gasteiger partial charge in [0, 0.05) is 5.92 Å². The van der Waals surface area contributed by atoms with Crippen LogP contribution in [0.2, 0.25) is 0 Å². The molecule has 1 nitrogen and oxygen atoms in total. The van der Waals surface area contributed by atoms with E-state index in [1.807, 2.05) is 0 Å². The van der Waals surface area contributed by atoms with Crippen molar-refractivity contribution in [3.63, 3.8) is 0 Å². The summed E-state index contributed by atoms with van der Waals surface area (Å²) >= 11 is 0. The molecule has 2 aliphatic carbocycles. The third-order valence-electron chi connectivity index (χ3n) is 3.82. The monoisotopic (exact) mass is 180 g/mol. The Balaban J connectivity index is 2.22. The summed E-state index contributed by atoms with van der Waals surface area (Å²) in [5.74, 6) is 1.70. The first kappa shape index (κ1) is 9.26. The van der Waals surface area contributed by atoms with Crippen molar-refractivity contribution in [2.45, 2.75) is 45.6 Å². The van der Waals surface area contributed by atoms with Gasteiger partial charge < -0.3 is 5.11 Å². The molecule has 1 saturated carbocycles. The predicted octanol–water partition coefficient (Wildman–Crippen LogP) is 2.75. The lowest BCUT2D eigenvalue weighted by Gasteiger charge is -2.41. The molecule has 0 aromatic carbocycles. The molecule has 0 aliphatic heterocycles. The minimum Gasteiger partial charge on any atom is -0.392 e. The smallest absolute Gasteiger partial charge is 0.0631 e. The van der Waals surface area contributed by atoms with Gasteiger partial charge >= 0.3 is 0 Å². The van der Waals surface area contributed by atoms with E-state index in [9.17, 15) is 5.11 Å². The summed E-state index contributed by atoms with van der Waals surface area (Å²) in [5, 5.41) is 10.0. The highest BCUT2D eigenvalue weighted by Gasteiger charge is 2.36. The molecule has 2 unspecified atom stereocenters. The number of aliphatic hydroxyl groups is 1. The largest absolute Gasteiger partial charge is 0.392 e. The first-order chi connectivity index (χ1) is 6.20. The number of aliphatic hydroxyl groups excluding tert-OH is 1. The second-order valence-corrected chi connectivity index (χ2v) is 4.85. The summed E-state index contributed by atoms with van der Waals surface area (Å²) in [5.41, 5.74) is 1.55. The molecule has 2 aliphatic rings. The molecule has 0 aromatic rings. The summed E-state index contributed by atoms with van der Waals surface area (Å²) in [4.78, 5) is 0. The Morgan fingerprint density at radius 3 is 2.92 bits per heavy atom. The summed E-state index contributed by atoms with van der Waals surface area (Å²) < 4.78 is 0. The number of hydrogen-bond donors (Lipinski definition) is 1. The van der Waals surface area contributed by atoms with E-state index in [1.165, 1.54) is 25.7 Å². The van der Waals surface area contributed by atoms with Gasteiger partial charge in [-0.2, -0.15) is 0 Å². The Bertz CT molecular complexity index is 219. The van der Waals surface area contributed by atoms with Crippen molar-refractivity contribution in [1.82, 2.24) is 0 Å². The van der Waals surface area contributed by atoms with Crippen molar-refractivity contribution >= 4 is 0 Å². The molecule has 0 saturated heterocycles. The molecule has 1 N–H and O–H groups in total. The van der Waals surface area contributed by atoms with E-state index in [1.54, 1.807) is 5.57 Å². The van der Waals surface area contributed by atoms with Gasteiger partial charge in [0.05, 0.1) is 6.10 Å². The molecule has 13 heavy (non-hydrogen) atoms. The zero-order valence-corrected chi connectivity index (χ0v) is 8.66. The van der Waals surface area contributed by atoms with Crippen LogP contribution in [-0.2, 0) is 0 Å². The maximum absolute atomic E-state index is 10.0. The summed E-state index contributed by atoms with van der Waals surface area (Å²) in [6, 6.07) is 0. The minimum absolute atomic E-state index is 0.0669. The van der Waals surface area contributed by atoms with Gasteiger partial charge in [0.25, 0.3) is 0 Å². The molecule has 4 atom stereocenters. The van der Waals surface area contributed by atoms with Gasteiger partial charge in [-0.25, -0.2) is 0 Å². The van der Waals surface area contributed by atoms with Crippen LogP contribution in [0.1, 0.15) is 39.5 Å². The van der Waals surface area contributed by atoms with E-state index in [-0.39, 0.29) is 6.10 Å². The van der Waals surface area contributed by atoms with E-state index < -0.39 is 0 Å². The van der Waals surface area contributed by atoms with Crippen molar-refractivity contribution < 1.29 is 5.11 Å². The quantitative estimate of drug-likeness (QED) is 0.568. The Hall–Kier alpha value is -0.300. The Kier molecular flexibility index (Phi) is 2.46. The summed E-state index contributed by atoms with van der Waals surface area (Å²) in [6.45, 7) is 4.50. The molecule has 0 radical (unpaired) electrons. The Morgan fingerprint density at radius 2 is 2.15 bits per heavy atom. The van der Waals surface area contributed by atoms with Crippen LogP contribution in [0.5, 0.6) is 0 Å². The number of rotatable bonds is 0. The molecule has 1 fully saturated rings. The van der Waals surface area contributed by atoms with Crippen molar-refractivity contribution in [2.24, 2.45) is 17.8 Å². The highest BCUT2D eigenvalue weighted by molar-refractivity contribution is 5.18. The lowest BCUT2D eigenvalue weighted by atomic mass is 9.67. The van der Waals surface area contributed by atoms with Crippen LogP contribution in [0.15, 0.2) is 11.6 Å². The van der Waals surface area contributed by atoms with Gasteiger partial charge in [0.1, 0.15) is 0 Å². The van der Waals surface area contributed by atoms with Crippen LogP contribution in [0, 0.1) is 17.8 Å². The zero-order valence-electron chi connectivity index (χ0n) is 8.66. The van der Waals surface area contributed by atoms with E-state index in [0.717, 1.165) is 0 Å². The molecule has 0 aromatic heterocycles. The van der Waals surface area contributed by atoms with Crippen molar-refractivity contribution in [2.75, 3.05) is 0 Å². The van der Waals surface area contributed by atoms with E-state index in [0.29, 0.717) is 17.8 Å². The highest BCUT2D eigenvalue weighted by atomic mass is 16.3. The van der Waals surface area contributed by atoms with Crippen LogP contribution >= 0.6 is 0 Å². The minimum atomic E-state index is -0.0669. The Labute approximate surface area is 80.8 Å². The zero-order chi connectivity index (χ0) is 9.42. The van der Waals surface area contributed by atoms with E-state index in [2.05, 4.69) is 19.9 Å². The van der Waals surface area contributed by atoms with Gasteiger partial charge in [-0.15, -0.1) is 0 Å². The SMILES string of the molecule is CC1CC(C)[C@@H](O)[C@H]2CCCC=C12. The van der Waals surface area contributed by atoms with Gasteiger partial charge in [0.15, 0.2) is 0 Å². The third kappa shape index (κ3) is 1.54. The fourth-order valence-electron chi connectivity index (χ4n) is 3.09. The molecule has 74 valence electrons. The fraction of sp³-hybridized carbons (Fsp3) is 0.833. The molecule has 0 amide bonds. The fourth-order valence-corrected chi connectivity index (χ4v) is 3.09. The van der Waals surface area contributed by atoms with Crippen molar-refractivity contribution in [3.05, 3.63) is 11.6 Å². The molecule has 2 rings (SSSR count). The van der Waals surface area contributed by atoms with Gasteiger partial charge in [-0.1, -0.05) is 25.5 Å². The first-order valence-corrected chi connectivity index (χ1v) is 5.58. The van der Waals surface area contributed by atoms with E-state index in [4.69, 9.17) is 0 Å². The van der Waals surface area contributed by atoms with Crippen LogP contribution in [0.25, 0.3) is 0 Å². The normalized spacial score (nSPS) is 45.3. The molecular weight excluding hydrogens is 160 g/mol. The average molecular weight is 180 g/mol. The lowest BCUT2D eigenvalue weighted by molar-refractivity contribution is 0.0318. The Morgan fingerprint density at radius 1 is 1.38 bits per heavy atom. The molecule has 0 bridgehead atoms. The standard InChI is InChI=1S/C12H20O/c1-8-7-9(2)12(13)11-6-4-3-5-10(8)11/h5,8-9,11-13H,3-4,6-7H2,1-2H3/t8?,9?,11-,12+/m0/s1. The molecule has 1 heteroatoms. The van der Waals surface area contributed by atoms with Gasteiger partial charge in [0.2, 0.25) is 0 Å². The number of allylic oxidation sites excluding steroid dienone is 1. The van der Waals surface area contributed by atoms with Crippen LogP contribution in [-0.4, -0.2) is 11.2 Å². The van der Waals surface area contributed by atoms with Crippen LogP contribution in [0.4, 0.5) is 0 Å². The topological polar surface area (TPSA) is 20.2 Å².